The summed E-state index contributed by atoms with van der Waals surface area (Å²) in [4.78, 5) is 25.2. The van der Waals surface area contributed by atoms with E-state index in [-0.39, 0.29) is 24.0 Å². The molecule has 1 saturated heterocycles. The van der Waals surface area contributed by atoms with Gasteiger partial charge in [-0.25, -0.2) is 0 Å². The van der Waals surface area contributed by atoms with Crippen LogP contribution in [0.2, 0.25) is 0 Å². The molecule has 1 fully saturated rings. The van der Waals surface area contributed by atoms with Gasteiger partial charge in [0.2, 0.25) is 5.91 Å². The van der Waals surface area contributed by atoms with Crippen molar-refractivity contribution in [2.24, 2.45) is 5.92 Å². The number of amides is 1. The van der Waals surface area contributed by atoms with E-state index >= 15 is 0 Å². The minimum absolute atomic E-state index is 0.0716. The second-order valence-electron chi connectivity index (χ2n) is 4.42. The molecule has 1 amide bonds. The highest BCUT2D eigenvalue weighted by Gasteiger charge is 2.36. The smallest absolute Gasteiger partial charge is 0.311 e. The molecule has 0 radical (unpaired) electrons. The SMILES string of the molecule is CCOC(=O)[C@@H]1CC(=O)N(c2cc(Br)c(O)c(Br)c2)C1. The zero-order chi connectivity index (χ0) is 14.9. The zero-order valence-electron chi connectivity index (χ0n) is 10.7. The lowest BCUT2D eigenvalue weighted by molar-refractivity contribution is -0.147. The van der Waals surface area contributed by atoms with Gasteiger partial charge in [0, 0.05) is 18.7 Å². The predicted molar refractivity (Wildman–Crippen MR) is 80.6 cm³/mol. The van der Waals surface area contributed by atoms with Crippen molar-refractivity contribution in [3.63, 3.8) is 0 Å². The lowest BCUT2D eigenvalue weighted by atomic mass is 10.1. The van der Waals surface area contributed by atoms with Crippen molar-refractivity contribution in [2.75, 3.05) is 18.1 Å². The van der Waals surface area contributed by atoms with E-state index in [1.807, 2.05) is 0 Å². The number of anilines is 1. The van der Waals surface area contributed by atoms with Gasteiger partial charge < -0.3 is 14.7 Å². The third-order valence-electron chi connectivity index (χ3n) is 3.06. The van der Waals surface area contributed by atoms with Gasteiger partial charge in [-0.05, 0) is 50.9 Å². The summed E-state index contributed by atoms with van der Waals surface area (Å²) in [6.45, 7) is 2.34. The number of nitrogens with zero attached hydrogens (tertiary/aromatic N) is 1. The van der Waals surface area contributed by atoms with Crippen molar-refractivity contribution in [1.29, 1.82) is 0 Å². The van der Waals surface area contributed by atoms with Crippen LogP contribution in [0.4, 0.5) is 5.69 Å². The lowest BCUT2D eigenvalue weighted by Gasteiger charge is -2.18. The minimum Gasteiger partial charge on any atom is -0.506 e. The zero-order valence-corrected chi connectivity index (χ0v) is 13.9. The Morgan fingerprint density at radius 1 is 1.45 bits per heavy atom. The molecule has 1 aliphatic rings. The second-order valence-corrected chi connectivity index (χ2v) is 6.12. The summed E-state index contributed by atoms with van der Waals surface area (Å²) in [6, 6.07) is 3.29. The molecular formula is C13H13Br2NO4. The van der Waals surface area contributed by atoms with Crippen LogP contribution in [0.25, 0.3) is 0 Å². The summed E-state index contributed by atoms with van der Waals surface area (Å²) >= 11 is 6.45. The first-order valence-electron chi connectivity index (χ1n) is 6.09. The van der Waals surface area contributed by atoms with Crippen molar-refractivity contribution in [2.45, 2.75) is 13.3 Å². The number of benzene rings is 1. The normalized spacial score (nSPS) is 18.4. The Labute approximate surface area is 133 Å². The quantitative estimate of drug-likeness (QED) is 0.783. The fraction of sp³-hybridized carbons (Fsp3) is 0.385. The fourth-order valence-electron chi connectivity index (χ4n) is 2.08. The summed E-state index contributed by atoms with van der Waals surface area (Å²) in [5.41, 5.74) is 0.623. The van der Waals surface area contributed by atoms with Crippen LogP contribution in [0.1, 0.15) is 13.3 Å². The molecule has 0 unspecified atom stereocenters. The van der Waals surface area contributed by atoms with Crippen molar-refractivity contribution < 1.29 is 19.4 Å². The van der Waals surface area contributed by atoms with Gasteiger partial charge in [-0.3, -0.25) is 9.59 Å². The number of carbonyl (C=O) groups excluding carboxylic acids is 2. The van der Waals surface area contributed by atoms with Crippen LogP contribution in [0, 0.1) is 5.92 Å². The Morgan fingerprint density at radius 2 is 2.05 bits per heavy atom. The third kappa shape index (κ3) is 2.98. The summed E-state index contributed by atoms with van der Waals surface area (Å²) in [6.07, 6.45) is 0.148. The van der Waals surface area contributed by atoms with Crippen LogP contribution in [-0.4, -0.2) is 30.1 Å². The van der Waals surface area contributed by atoms with Gasteiger partial charge in [0.1, 0.15) is 5.75 Å². The highest BCUT2D eigenvalue weighted by atomic mass is 79.9. The van der Waals surface area contributed by atoms with E-state index in [1.54, 1.807) is 19.1 Å². The molecule has 5 nitrogen and oxygen atoms in total. The first-order valence-corrected chi connectivity index (χ1v) is 7.67. The number of halogens is 2. The molecule has 1 aliphatic heterocycles. The molecule has 2 rings (SSSR count). The van der Waals surface area contributed by atoms with Crippen LogP contribution in [-0.2, 0) is 14.3 Å². The minimum atomic E-state index is -0.436. The maximum absolute atomic E-state index is 12.0. The van der Waals surface area contributed by atoms with Crippen LogP contribution >= 0.6 is 31.9 Å². The third-order valence-corrected chi connectivity index (χ3v) is 4.27. The first-order chi connectivity index (χ1) is 9.43. The van der Waals surface area contributed by atoms with E-state index in [2.05, 4.69) is 31.9 Å². The number of rotatable bonds is 3. The van der Waals surface area contributed by atoms with Crippen LogP contribution in [0.3, 0.4) is 0 Å². The first kappa shape index (κ1) is 15.3. The molecule has 1 atom stereocenters. The maximum Gasteiger partial charge on any atom is 0.311 e. The van der Waals surface area contributed by atoms with E-state index in [9.17, 15) is 14.7 Å². The van der Waals surface area contributed by atoms with E-state index < -0.39 is 5.92 Å². The highest BCUT2D eigenvalue weighted by molar-refractivity contribution is 9.11. The van der Waals surface area contributed by atoms with Crippen molar-refractivity contribution in [3.8, 4) is 5.75 Å². The largest absolute Gasteiger partial charge is 0.506 e. The Morgan fingerprint density at radius 3 is 2.60 bits per heavy atom. The lowest BCUT2D eigenvalue weighted by Crippen LogP contribution is -2.26. The van der Waals surface area contributed by atoms with Crippen molar-refractivity contribution >= 4 is 49.4 Å². The summed E-state index contributed by atoms with van der Waals surface area (Å²) in [5.74, 6) is -0.844. The van der Waals surface area contributed by atoms with Crippen molar-refractivity contribution in [1.82, 2.24) is 0 Å². The van der Waals surface area contributed by atoms with Crippen LogP contribution in [0.15, 0.2) is 21.1 Å². The number of hydrogen-bond donors (Lipinski definition) is 1. The van der Waals surface area contributed by atoms with E-state index in [4.69, 9.17) is 4.74 Å². The van der Waals surface area contributed by atoms with Crippen molar-refractivity contribution in [3.05, 3.63) is 21.1 Å². The molecule has 1 heterocycles. The molecule has 1 aromatic rings. The molecule has 7 heteroatoms. The van der Waals surface area contributed by atoms with Gasteiger partial charge in [0.15, 0.2) is 0 Å². The van der Waals surface area contributed by atoms with Gasteiger partial charge >= 0.3 is 5.97 Å². The average Bonchev–Trinajstić information content (AvgIpc) is 2.78. The molecule has 0 bridgehead atoms. The molecule has 108 valence electrons. The summed E-state index contributed by atoms with van der Waals surface area (Å²) in [5, 5.41) is 9.68. The number of phenols is 1. The van der Waals surface area contributed by atoms with Crippen LogP contribution < -0.4 is 4.90 Å². The van der Waals surface area contributed by atoms with Gasteiger partial charge in [0.25, 0.3) is 0 Å². The topological polar surface area (TPSA) is 66.8 Å². The average molecular weight is 407 g/mol. The fourth-order valence-corrected chi connectivity index (χ4v) is 3.25. The molecule has 20 heavy (non-hydrogen) atoms. The van der Waals surface area contributed by atoms with E-state index in [0.29, 0.717) is 27.8 Å². The van der Waals surface area contributed by atoms with E-state index in [0.717, 1.165) is 0 Å². The number of carbonyl (C=O) groups is 2. The molecule has 0 aliphatic carbocycles. The van der Waals surface area contributed by atoms with Gasteiger partial charge in [-0.1, -0.05) is 0 Å². The Hall–Kier alpha value is -1.08. The van der Waals surface area contributed by atoms with E-state index in [1.165, 1.54) is 4.90 Å². The number of hydrogen-bond acceptors (Lipinski definition) is 4. The highest BCUT2D eigenvalue weighted by Crippen LogP contribution is 2.38. The predicted octanol–water partition coefficient (Wildman–Crippen LogP) is 2.83. The second kappa shape index (κ2) is 6.13. The number of aromatic hydroxyl groups is 1. The molecule has 0 spiro atoms. The molecular weight excluding hydrogens is 394 g/mol. The maximum atomic E-state index is 12.0. The Bertz CT molecular complexity index is 538. The van der Waals surface area contributed by atoms with Gasteiger partial charge in [0.05, 0.1) is 21.5 Å². The standard InChI is InChI=1S/C13H13Br2NO4/c1-2-20-13(19)7-3-11(17)16(6-7)8-4-9(14)12(18)10(15)5-8/h4-5,7,18H,2-3,6H2,1H3/t7-/m1/s1. The number of esters is 1. The Kier molecular flexibility index (Phi) is 4.70. The molecule has 0 aromatic heterocycles. The number of phenolic OH excluding ortho intramolecular Hbond substituents is 1. The number of ether oxygens (including phenoxy) is 1. The van der Waals surface area contributed by atoms with Gasteiger partial charge in [-0.15, -0.1) is 0 Å². The monoisotopic (exact) mass is 405 g/mol. The summed E-state index contributed by atoms with van der Waals surface area (Å²) < 4.78 is 5.91. The Balaban J connectivity index is 2.22. The van der Waals surface area contributed by atoms with Gasteiger partial charge in [-0.2, -0.15) is 0 Å². The van der Waals surface area contributed by atoms with Crippen LogP contribution in [0.5, 0.6) is 5.75 Å². The molecule has 0 saturated carbocycles. The molecule has 1 aromatic carbocycles. The summed E-state index contributed by atoms with van der Waals surface area (Å²) in [7, 11) is 0. The molecule has 1 N–H and O–H groups in total.